The highest BCUT2D eigenvalue weighted by Gasteiger charge is 2.33. The molecule has 10 heteroatoms. The SMILES string of the molecule is NC(=O)O[C@H]1C[C@H](CC(=O)Nc2ccc(NS(=O)(=O)c3ccccc3)cc2N)C1. The van der Waals surface area contributed by atoms with Crippen LogP contribution in [-0.4, -0.2) is 26.5 Å². The summed E-state index contributed by atoms with van der Waals surface area (Å²) in [6, 6.07) is 12.5. The maximum absolute atomic E-state index is 12.4. The van der Waals surface area contributed by atoms with Crippen LogP contribution in [0.15, 0.2) is 53.4 Å². The Morgan fingerprint density at radius 2 is 1.79 bits per heavy atom. The molecule has 0 unspecified atom stereocenters. The number of ether oxygens (including phenoxy) is 1. The number of hydrogen-bond acceptors (Lipinski definition) is 6. The molecule has 9 nitrogen and oxygen atoms in total. The number of hydrogen-bond donors (Lipinski definition) is 4. The summed E-state index contributed by atoms with van der Waals surface area (Å²) in [7, 11) is -3.73. The van der Waals surface area contributed by atoms with Crippen LogP contribution in [0.5, 0.6) is 0 Å². The normalized spacial score (nSPS) is 18.3. The van der Waals surface area contributed by atoms with E-state index in [4.69, 9.17) is 16.2 Å². The van der Waals surface area contributed by atoms with E-state index in [1.165, 1.54) is 30.3 Å². The molecule has 0 bridgehead atoms. The fourth-order valence-electron chi connectivity index (χ4n) is 3.12. The molecule has 6 N–H and O–H groups in total. The molecule has 0 radical (unpaired) electrons. The zero-order chi connectivity index (χ0) is 21.0. The maximum Gasteiger partial charge on any atom is 0.404 e. The van der Waals surface area contributed by atoms with E-state index in [-0.39, 0.29) is 40.6 Å². The number of nitrogens with one attached hydrogen (secondary N) is 2. The molecule has 1 aliphatic carbocycles. The summed E-state index contributed by atoms with van der Waals surface area (Å²) < 4.78 is 32.0. The van der Waals surface area contributed by atoms with E-state index < -0.39 is 16.1 Å². The predicted molar refractivity (Wildman–Crippen MR) is 109 cm³/mol. The highest BCUT2D eigenvalue weighted by atomic mass is 32.2. The van der Waals surface area contributed by atoms with E-state index in [1.54, 1.807) is 18.2 Å². The van der Waals surface area contributed by atoms with Crippen LogP contribution in [-0.2, 0) is 19.6 Å². The van der Waals surface area contributed by atoms with Crippen LogP contribution in [0.2, 0.25) is 0 Å². The Hall–Kier alpha value is -3.27. The van der Waals surface area contributed by atoms with Gasteiger partial charge in [-0.1, -0.05) is 18.2 Å². The molecule has 0 spiro atoms. The number of carbonyl (C=O) groups is 2. The van der Waals surface area contributed by atoms with Gasteiger partial charge in [-0.3, -0.25) is 9.52 Å². The molecular formula is C19H22N4O5S. The maximum atomic E-state index is 12.4. The number of primary amides is 1. The lowest BCUT2D eigenvalue weighted by Gasteiger charge is -2.33. The van der Waals surface area contributed by atoms with Gasteiger partial charge in [0.2, 0.25) is 5.91 Å². The van der Waals surface area contributed by atoms with Crippen molar-refractivity contribution in [3.8, 4) is 0 Å². The van der Waals surface area contributed by atoms with Crippen molar-refractivity contribution in [2.75, 3.05) is 15.8 Å². The Balaban J connectivity index is 1.56. The number of rotatable bonds is 7. The summed E-state index contributed by atoms with van der Waals surface area (Å²) in [4.78, 5) is 23.0. The van der Waals surface area contributed by atoms with Gasteiger partial charge in [-0.05, 0) is 49.1 Å². The van der Waals surface area contributed by atoms with Crippen LogP contribution in [0.3, 0.4) is 0 Å². The molecule has 1 aliphatic rings. The Morgan fingerprint density at radius 1 is 1.10 bits per heavy atom. The molecule has 2 aromatic carbocycles. The molecule has 0 atom stereocenters. The van der Waals surface area contributed by atoms with Crippen molar-refractivity contribution in [1.82, 2.24) is 0 Å². The van der Waals surface area contributed by atoms with Crippen LogP contribution in [0.1, 0.15) is 19.3 Å². The Labute approximate surface area is 168 Å². The monoisotopic (exact) mass is 418 g/mol. The van der Waals surface area contributed by atoms with Gasteiger partial charge in [-0.15, -0.1) is 0 Å². The quantitative estimate of drug-likeness (QED) is 0.506. The van der Waals surface area contributed by atoms with Gasteiger partial charge in [0.1, 0.15) is 6.10 Å². The number of anilines is 3. The van der Waals surface area contributed by atoms with Gasteiger partial charge in [0.15, 0.2) is 0 Å². The third-order valence-corrected chi connectivity index (χ3v) is 5.98. The second-order valence-electron chi connectivity index (χ2n) is 6.87. The van der Waals surface area contributed by atoms with Gasteiger partial charge in [0.05, 0.1) is 22.0 Å². The third kappa shape index (κ3) is 5.38. The predicted octanol–water partition coefficient (Wildman–Crippen LogP) is 2.27. The van der Waals surface area contributed by atoms with Crippen LogP contribution >= 0.6 is 0 Å². The lowest BCUT2D eigenvalue weighted by Crippen LogP contribution is -2.36. The van der Waals surface area contributed by atoms with Gasteiger partial charge in [0.25, 0.3) is 10.0 Å². The van der Waals surface area contributed by atoms with Gasteiger partial charge in [0, 0.05) is 6.42 Å². The van der Waals surface area contributed by atoms with Crippen molar-refractivity contribution < 1.29 is 22.7 Å². The number of benzene rings is 2. The fraction of sp³-hybridized carbons (Fsp3) is 0.263. The number of carbonyl (C=O) groups excluding carboxylic acids is 2. The van der Waals surface area contributed by atoms with E-state index in [1.807, 2.05) is 0 Å². The smallest absolute Gasteiger partial charge is 0.404 e. The second kappa shape index (κ2) is 8.39. The third-order valence-electron chi connectivity index (χ3n) is 4.58. The van der Waals surface area contributed by atoms with Gasteiger partial charge in [-0.25, -0.2) is 13.2 Å². The molecule has 0 saturated heterocycles. The largest absolute Gasteiger partial charge is 0.446 e. The van der Waals surface area contributed by atoms with Crippen LogP contribution in [0.4, 0.5) is 21.9 Å². The summed E-state index contributed by atoms with van der Waals surface area (Å²) in [5, 5.41) is 2.71. The van der Waals surface area contributed by atoms with Crippen molar-refractivity contribution in [3.63, 3.8) is 0 Å². The fourth-order valence-corrected chi connectivity index (χ4v) is 4.19. The molecule has 3 rings (SSSR count). The first kappa shape index (κ1) is 20.5. The minimum atomic E-state index is -3.73. The van der Waals surface area contributed by atoms with Gasteiger partial charge in [-0.2, -0.15) is 0 Å². The van der Waals surface area contributed by atoms with Crippen LogP contribution < -0.4 is 21.5 Å². The van der Waals surface area contributed by atoms with Gasteiger partial charge >= 0.3 is 6.09 Å². The van der Waals surface area contributed by atoms with Gasteiger partial charge < -0.3 is 21.5 Å². The summed E-state index contributed by atoms with van der Waals surface area (Å²) >= 11 is 0. The molecule has 1 fully saturated rings. The molecular weight excluding hydrogens is 396 g/mol. The van der Waals surface area contributed by atoms with Crippen molar-refractivity contribution in [2.24, 2.45) is 11.7 Å². The summed E-state index contributed by atoms with van der Waals surface area (Å²) in [5.74, 6) is -0.116. The molecule has 29 heavy (non-hydrogen) atoms. The summed E-state index contributed by atoms with van der Waals surface area (Å²) in [5.41, 5.74) is 11.8. The van der Waals surface area contributed by atoms with E-state index in [2.05, 4.69) is 10.0 Å². The lowest BCUT2D eigenvalue weighted by atomic mass is 9.80. The number of amides is 2. The zero-order valence-corrected chi connectivity index (χ0v) is 16.3. The molecule has 2 amide bonds. The highest BCUT2D eigenvalue weighted by molar-refractivity contribution is 7.92. The zero-order valence-electron chi connectivity index (χ0n) is 15.5. The summed E-state index contributed by atoms with van der Waals surface area (Å²) in [6.45, 7) is 0. The van der Waals surface area contributed by atoms with Crippen molar-refractivity contribution in [1.29, 1.82) is 0 Å². The Bertz CT molecular complexity index is 1000. The van der Waals surface area contributed by atoms with Crippen molar-refractivity contribution in [2.45, 2.75) is 30.3 Å². The molecule has 0 heterocycles. The minimum absolute atomic E-state index is 0.109. The second-order valence-corrected chi connectivity index (χ2v) is 8.55. The molecule has 0 aromatic heterocycles. The lowest BCUT2D eigenvalue weighted by molar-refractivity contribution is -0.118. The highest BCUT2D eigenvalue weighted by Crippen LogP contribution is 2.33. The van der Waals surface area contributed by atoms with E-state index >= 15 is 0 Å². The Kier molecular flexibility index (Phi) is 5.92. The van der Waals surface area contributed by atoms with E-state index in [0.29, 0.717) is 18.5 Å². The molecule has 2 aromatic rings. The average Bonchev–Trinajstić information content (AvgIpc) is 2.62. The van der Waals surface area contributed by atoms with Crippen LogP contribution in [0.25, 0.3) is 0 Å². The Morgan fingerprint density at radius 3 is 2.41 bits per heavy atom. The average molecular weight is 418 g/mol. The first-order chi connectivity index (χ1) is 13.7. The van der Waals surface area contributed by atoms with Crippen molar-refractivity contribution in [3.05, 3.63) is 48.5 Å². The number of nitrogens with two attached hydrogens (primary N) is 2. The molecule has 1 saturated carbocycles. The number of nitrogen functional groups attached to an aromatic ring is 1. The summed E-state index contributed by atoms with van der Waals surface area (Å²) in [6.07, 6.45) is 0.402. The minimum Gasteiger partial charge on any atom is -0.446 e. The van der Waals surface area contributed by atoms with Crippen LogP contribution in [0, 0.1) is 5.92 Å². The van der Waals surface area contributed by atoms with E-state index in [0.717, 1.165) is 0 Å². The molecule has 154 valence electrons. The topological polar surface area (TPSA) is 154 Å². The number of sulfonamides is 1. The first-order valence-corrected chi connectivity index (χ1v) is 10.4. The van der Waals surface area contributed by atoms with E-state index in [9.17, 15) is 18.0 Å². The molecule has 0 aliphatic heterocycles. The standard InChI is InChI=1S/C19H22N4O5S/c20-16-11-13(23-29(26,27)15-4-2-1-3-5-15)6-7-17(16)22-18(24)10-12-8-14(9-12)28-19(21)25/h1-7,11-12,14,23H,8-10,20H2,(H2,21,25)(H,22,24)/t12-,14-. The first-order valence-electron chi connectivity index (χ1n) is 8.96. The van der Waals surface area contributed by atoms with Crippen molar-refractivity contribution >= 4 is 39.1 Å².